The van der Waals surface area contributed by atoms with Crippen LogP contribution in [0.4, 0.5) is 19.3 Å². The summed E-state index contributed by atoms with van der Waals surface area (Å²) < 4.78 is 33.2. The van der Waals surface area contributed by atoms with Gasteiger partial charge in [-0.2, -0.15) is 0 Å². The van der Waals surface area contributed by atoms with Gasteiger partial charge in [0.05, 0.1) is 12.6 Å². The Morgan fingerprint density at radius 1 is 1.23 bits per heavy atom. The van der Waals surface area contributed by atoms with Crippen LogP contribution in [0.2, 0.25) is 0 Å². The number of rotatable bonds is 8. The van der Waals surface area contributed by atoms with Crippen LogP contribution in [0.15, 0.2) is 30.3 Å². The lowest BCUT2D eigenvalue weighted by atomic mass is 10.0. The number of nitrogens with zero attached hydrogens (tertiary/aromatic N) is 2. The second-order valence-corrected chi connectivity index (χ2v) is 10.3. The maximum Gasteiger partial charge on any atom is 0.407 e. The number of amides is 3. The minimum absolute atomic E-state index is 0.0224. The third-order valence-corrected chi connectivity index (χ3v) is 6.08. The SMILES string of the molecule is CC(C)(C)OC(=O)N[C@@H](CC(=O)N1CCC[C@H]1CNc1ccccc1)CN1CC(F)(F)CCC1=O. The predicted molar refractivity (Wildman–Crippen MR) is 128 cm³/mol. The van der Waals surface area contributed by atoms with Crippen molar-refractivity contribution in [3.05, 3.63) is 30.3 Å². The highest BCUT2D eigenvalue weighted by Crippen LogP contribution is 2.28. The van der Waals surface area contributed by atoms with E-state index in [2.05, 4.69) is 10.6 Å². The Morgan fingerprint density at radius 2 is 1.94 bits per heavy atom. The number of alkyl halides is 2. The van der Waals surface area contributed by atoms with Gasteiger partial charge in [0.2, 0.25) is 11.8 Å². The van der Waals surface area contributed by atoms with E-state index in [0.717, 1.165) is 23.4 Å². The standard InChI is InChI=1S/C25H36F2N4O4/c1-24(2,3)35-23(34)29-19(16-30-17-25(26,27)12-11-21(30)32)14-22(33)31-13-7-10-20(31)15-28-18-8-5-4-6-9-18/h4-6,8-9,19-20,28H,7,10-17H2,1-3H3,(H,29,34)/t19-,20-/m0/s1. The van der Waals surface area contributed by atoms with Gasteiger partial charge in [0.25, 0.3) is 5.92 Å². The smallest absolute Gasteiger partial charge is 0.407 e. The molecule has 2 heterocycles. The topological polar surface area (TPSA) is 91.0 Å². The molecule has 0 aliphatic carbocycles. The van der Waals surface area contributed by atoms with E-state index in [4.69, 9.17) is 4.74 Å². The number of anilines is 1. The number of hydrogen-bond donors (Lipinski definition) is 2. The fourth-order valence-corrected chi connectivity index (χ4v) is 4.46. The van der Waals surface area contributed by atoms with Gasteiger partial charge in [-0.3, -0.25) is 9.59 Å². The summed E-state index contributed by atoms with van der Waals surface area (Å²) >= 11 is 0. The number of para-hydroxylation sites is 1. The van der Waals surface area contributed by atoms with Gasteiger partial charge in [-0.15, -0.1) is 0 Å². The number of benzene rings is 1. The first-order valence-corrected chi connectivity index (χ1v) is 12.2. The molecule has 0 bridgehead atoms. The summed E-state index contributed by atoms with van der Waals surface area (Å²) in [6.45, 7) is 5.37. The van der Waals surface area contributed by atoms with Crippen LogP contribution in [0, 0.1) is 0 Å². The fourth-order valence-electron chi connectivity index (χ4n) is 4.46. The van der Waals surface area contributed by atoms with Crippen molar-refractivity contribution in [1.82, 2.24) is 15.1 Å². The Hall–Kier alpha value is -2.91. The van der Waals surface area contributed by atoms with Crippen LogP contribution in [0.25, 0.3) is 0 Å². The van der Waals surface area contributed by atoms with Crippen LogP contribution in [0.3, 0.4) is 0 Å². The van der Waals surface area contributed by atoms with Gasteiger partial charge in [-0.05, 0) is 45.7 Å². The molecule has 2 aliphatic rings. The minimum atomic E-state index is -2.99. The molecule has 2 fully saturated rings. The number of alkyl carbamates (subject to hydrolysis) is 1. The molecule has 8 nitrogen and oxygen atoms in total. The number of carbonyl (C=O) groups is 3. The van der Waals surface area contributed by atoms with Crippen LogP contribution in [0.1, 0.15) is 52.9 Å². The van der Waals surface area contributed by atoms with Crippen LogP contribution >= 0.6 is 0 Å². The highest BCUT2D eigenvalue weighted by Gasteiger charge is 2.40. The number of hydrogen-bond acceptors (Lipinski definition) is 5. The molecule has 0 aromatic heterocycles. The molecule has 1 aromatic rings. The Morgan fingerprint density at radius 3 is 2.63 bits per heavy atom. The maximum atomic E-state index is 14.0. The molecule has 0 spiro atoms. The van der Waals surface area contributed by atoms with E-state index >= 15 is 0 Å². The van der Waals surface area contributed by atoms with Gasteiger partial charge >= 0.3 is 6.09 Å². The Labute approximate surface area is 205 Å². The molecule has 3 amide bonds. The lowest BCUT2D eigenvalue weighted by Crippen LogP contribution is -2.54. The van der Waals surface area contributed by atoms with Crippen molar-refractivity contribution < 1.29 is 27.9 Å². The number of ether oxygens (including phenoxy) is 1. The predicted octanol–water partition coefficient (Wildman–Crippen LogP) is 3.63. The number of likely N-dealkylation sites (tertiary alicyclic amines) is 2. The summed E-state index contributed by atoms with van der Waals surface area (Å²) in [6, 6.07) is 8.82. The third kappa shape index (κ3) is 8.36. The molecular weight excluding hydrogens is 458 g/mol. The summed E-state index contributed by atoms with van der Waals surface area (Å²) in [4.78, 5) is 40.8. The number of halogens is 2. The van der Waals surface area contributed by atoms with Crippen molar-refractivity contribution in [1.29, 1.82) is 0 Å². The van der Waals surface area contributed by atoms with E-state index in [9.17, 15) is 23.2 Å². The van der Waals surface area contributed by atoms with E-state index in [0.29, 0.717) is 13.1 Å². The molecular formula is C25H36F2N4O4. The second-order valence-electron chi connectivity index (χ2n) is 10.3. The number of carbonyl (C=O) groups excluding carboxylic acids is 3. The van der Waals surface area contributed by atoms with Gasteiger partial charge in [0.1, 0.15) is 5.60 Å². The van der Waals surface area contributed by atoms with Crippen LogP contribution in [-0.2, 0) is 14.3 Å². The van der Waals surface area contributed by atoms with Gasteiger partial charge in [-0.25, -0.2) is 13.6 Å². The zero-order valence-corrected chi connectivity index (χ0v) is 20.7. The molecule has 0 saturated carbocycles. The first-order valence-electron chi connectivity index (χ1n) is 12.2. The molecule has 2 N–H and O–H groups in total. The zero-order valence-electron chi connectivity index (χ0n) is 20.7. The monoisotopic (exact) mass is 494 g/mol. The Kier molecular flexibility index (Phi) is 8.56. The van der Waals surface area contributed by atoms with Crippen molar-refractivity contribution in [2.75, 3.05) is 31.5 Å². The molecule has 3 rings (SSSR count). The quantitative estimate of drug-likeness (QED) is 0.576. The van der Waals surface area contributed by atoms with Gasteiger partial charge in [0, 0.05) is 50.6 Å². The van der Waals surface area contributed by atoms with Crippen molar-refractivity contribution in [2.24, 2.45) is 0 Å². The van der Waals surface area contributed by atoms with Crippen LogP contribution < -0.4 is 10.6 Å². The van der Waals surface area contributed by atoms with E-state index in [1.165, 1.54) is 0 Å². The Balaban J connectivity index is 1.66. The molecule has 10 heteroatoms. The lowest BCUT2D eigenvalue weighted by molar-refractivity contribution is -0.148. The first kappa shape index (κ1) is 26.7. The molecule has 2 atom stereocenters. The zero-order chi connectivity index (χ0) is 25.6. The molecule has 35 heavy (non-hydrogen) atoms. The average molecular weight is 495 g/mol. The van der Waals surface area contributed by atoms with Gasteiger partial charge < -0.3 is 25.2 Å². The number of nitrogens with one attached hydrogen (secondary N) is 2. The molecule has 194 valence electrons. The average Bonchev–Trinajstić information content (AvgIpc) is 3.23. The van der Waals surface area contributed by atoms with Crippen molar-refractivity contribution in [3.8, 4) is 0 Å². The molecule has 2 saturated heterocycles. The van der Waals surface area contributed by atoms with Gasteiger partial charge in [0.15, 0.2) is 0 Å². The second kappa shape index (κ2) is 11.2. The first-order chi connectivity index (χ1) is 16.4. The van der Waals surface area contributed by atoms with E-state index < -0.39 is 42.5 Å². The lowest BCUT2D eigenvalue weighted by Gasteiger charge is -2.35. The van der Waals surface area contributed by atoms with Crippen LogP contribution in [0.5, 0.6) is 0 Å². The minimum Gasteiger partial charge on any atom is -0.444 e. The van der Waals surface area contributed by atoms with Crippen molar-refractivity contribution >= 4 is 23.6 Å². The molecule has 2 aliphatic heterocycles. The van der Waals surface area contributed by atoms with E-state index in [-0.39, 0.29) is 31.3 Å². The highest BCUT2D eigenvalue weighted by molar-refractivity contribution is 5.80. The molecule has 1 aromatic carbocycles. The van der Waals surface area contributed by atoms with E-state index in [1.807, 2.05) is 30.3 Å². The number of piperidine rings is 1. The van der Waals surface area contributed by atoms with Gasteiger partial charge in [-0.1, -0.05) is 18.2 Å². The molecule has 0 unspecified atom stereocenters. The molecule has 0 radical (unpaired) electrons. The summed E-state index contributed by atoms with van der Waals surface area (Å²) in [6.07, 6.45) is 0.0706. The summed E-state index contributed by atoms with van der Waals surface area (Å²) in [5.74, 6) is -3.59. The summed E-state index contributed by atoms with van der Waals surface area (Å²) in [5, 5.41) is 5.98. The highest BCUT2D eigenvalue weighted by atomic mass is 19.3. The van der Waals surface area contributed by atoms with E-state index in [1.54, 1.807) is 25.7 Å². The van der Waals surface area contributed by atoms with Crippen molar-refractivity contribution in [2.45, 2.75) is 76.5 Å². The van der Waals surface area contributed by atoms with Crippen LogP contribution in [-0.4, -0.2) is 77.5 Å². The largest absolute Gasteiger partial charge is 0.444 e. The third-order valence-electron chi connectivity index (χ3n) is 6.08. The summed E-state index contributed by atoms with van der Waals surface area (Å²) in [7, 11) is 0. The normalized spacial score (nSPS) is 20.9. The van der Waals surface area contributed by atoms with Crippen molar-refractivity contribution in [3.63, 3.8) is 0 Å². The fraction of sp³-hybridized carbons (Fsp3) is 0.640. The summed E-state index contributed by atoms with van der Waals surface area (Å²) in [5.41, 5.74) is 0.191. The maximum absolute atomic E-state index is 14.0. The Bertz CT molecular complexity index is 891.